The van der Waals surface area contributed by atoms with E-state index in [1.54, 1.807) is 0 Å². The molecule has 2 aliphatic carbocycles. The van der Waals surface area contributed by atoms with Crippen molar-refractivity contribution in [3.8, 4) is 0 Å². The van der Waals surface area contributed by atoms with Gasteiger partial charge < -0.3 is 0 Å². The molecule has 3 fully saturated rings. The van der Waals surface area contributed by atoms with E-state index in [-0.39, 0.29) is 10.8 Å². The molecule has 0 aromatic rings. The summed E-state index contributed by atoms with van der Waals surface area (Å²) < 4.78 is 0. The quantitative estimate of drug-likeness (QED) is 0.591. The van der Waals surface area contributed by atoms with Crippen LogP contribution in [0.15, 0.2) is 0 Å². The lowest BCUT2D eigenvalue weighted by Crippen LogP contribution is -2.65. The minimum absolute atomic E-state index is 0.142. The van der Waals surface area contributed by atoms with Gasteiger partial charge in [0, 0.05) is 23.7 Å². The molecule has 0 amide bonds. The molecule has 4 nitrogen and oxygen atoms in total. The minimum atomic E-state index is -0.785. The van der Waals surface area contributed by atoms with E-state index in [0.717, 1.165) is 25.7 Å². The molecular formula is C18H32O4. The molecule has 0 N–H and O–H groups in total. The molecule has 1 aliphatic heterocycles. The highest BCUT2D eigenvalue weighted by Crippen LogP contribution is 2.58. The molecular weight excluding hydrogens is 280 g/mol. The van der Waals surface area contributed by atoms with Gasteiger partial charge in [-0.2, -0.15) is 19.6 Å². The first-order valence-electron chi connectivity index (χ1n) is 8.91. The van der Waals surface area contributed by atoms with Crippen LogP contribution in [0.1, 0.15) is 80.1 Å². The lowest BCUT2D eigenvalue weighted by molar-refractivity contribution is -0.690. The van der Waals surface area contributed by atoms with E-state index >= 15 is 0 Å². The molecule has 128 valence electrons. The van der Waals surface area contributed by atoms with Crippen LogP contribution in [0.2, 0.25) is 0 Å². The van der Waals surface area contributed by atoms with Gasteiger partial charge in [-0.3, -0.25) is 0 Å². The maximum absolute atomic E-state index is 6.02. The van der Waals surface area contributed by atoms with E-state index in [2.05, 4.69) is 41.5 Å². The summed E-state index contributed by atoms with van der Waals surface area (Å²) in [4.78, 5) is 24.1. The molecule has 0 aromatic carbocycles. The Morgan fingerprint density at radius 2 is 0.955 bits per heavy atom. The van der Waals surface area contributed by atoms with E-state index in [9.17, 15) is 0 Å². The smallest absolute Gasteiger partial charge is 0.194 e. The molecule has 0 bridgehead atoms. The molecule has 2 saturated carbocycles. The third kappa shape index (κ3) is 2.10. The first-order chi connectivity index (χ1) is 10.2. The zero-order chi connectivity index (χ0) is 16.2. The van der Waals surface area contributed by atoms with E-state index in [4.69, 9.17) is 19.6 Å². The highest BCUT2D eigenvalue weighted by atomic mass is 17.4. The van der Waals surface area contributed by atoms with E-state index < -0.39 is 11.6 Å². The summed E-state index contributed by atoms with van der Waals surface area (Å²) in [7, 11) is 0. The maximum Gasteiger partial charge on any atom is 0.239 e. The van der Waals surface area contributed by atoms with Gasteiger partial charge in [0.2, 0.25) is 11.6 Å². The van der Waals surface area contributed by atoms with Gasteiger partial charge >= 0.3 is 0 Å². The van der Waals surface area contributed by atoms with E-state index in [1.165, 1.54) is 12.8 Å². The normalized spacial score (nSPS) is 47.7. The zero-order valence-corrected chi connectivity index (χ0v) is 15.0. The van der Waals surface area contributed by atoms with Crippen molar-refractivity contribution >= 4 is 0 Å². The summed E-state index contributed by atoms with van der Waals surface area (Å²) in [5.41, 5.74) is -0.283. The lowest BCUT2D eigenvalue weighted by Gasteiger charge is -2.58. The molecule has 3 rings (SSSR count). The van der Waals surface area contributed by atoms with Gasteiger partial charge in [-0.1, -0.05) is 41.5 Å². The Morgan fingerprint density at radius 1 is 0.636 bits per heavy atom. The molecule has 2 spiro atoms. The summed E-state index contributed by atoms with van der Waals surface area (Å²) in [6.07, 6.45) is 6.16. The monoisotopic (exact) mass is 312 g/mol. The van der Waals surface area contributed by atoms with Gasteiger partial charge in [0.15, 0.2) is 0 Å². The van der Waals surface area contributed by atoms with Crippen LogP contribution in [-0.4, -0.2) is 11.6 Å². The maximum atomic E-state index is 6.02. The Kier molecular flexibility index (Phi) is 3.92. The topological polar surface area (TPSA) is 36.9 Å². The van der Waals surface area contributed by atoms with Crippen LogP contribution in [0.4, 0.5) is 0 Å². The number of hydrogen-bond donors (Lipinski definition) is 0. The highest BCUT2D eigenvalue weighted by molar-refractivity contribution is 4.98. The fraction of sp³-hybridized carbons (Fsp3) is 1.00. The van der Waals surface area contributed by atoms with Gasteiger partial charge in [-0.15, -0.1) is 0 Å². The lowest BCUT2D eigenvalue weighted by atomic mass is 9.64. The summed E-state index contributed by atoms with van der Waals surface area (Å²) in [5.74, 6) is -0.569. The highest BCUT2D eigenvalue weighted by Gasteiger charge is 2.64. The molecule has 0 radical (unpaired) electrons. The van der Waals surface area contributed by atoms with E-state index in [0.29, 0.717) is 11.8 Å². The van der Waals surface area contributed by atoms with Crippen LogP contribution in [-0.2, 0) is 19.6 Å². The number of hydrogen-bond acceptors (Lipinski definition) is 4. The van der Waals surface area contributed by atoms with Gasteiger partial charge in [-0.25, -0.2) is 0 Å². The van der Waals surface area contributed by atoms with Gasteiger partial charge in [0.1, 0.15) is 0 Å². The Labute approximate surface area is 134 Å². The predicted octanol–water partition coefficient (Wildman–Crippen LogP) is 4.98. The fourth-order valence-corrected chi connectivity index (χ4v) is 4.29. The third-order valence-corrected chi connectivity index (χ3v) is 7.34. The standard InChI is InChI=1S/C18H32O4/c1-13-9-7-11-17(15(13,3)4)19-21-18(22-20-17)12-8-10-14(2)16(18,5)6/h13-14H,7-12H2,1-6H3. The molecule has 1 saturated heterocycles. The predicted molar refractivity (Wildman–Crippen MR) is 83.4 cm³/mol. The summed E-state index contributed by atoms with van der Waals surface area (Å²) >= 11 is 0. The Bertz CT molecular complexity index is 381. The van der Waals surface area contributed by atoms with E-state index in [1.807, 2.05) is 0 Å². The molecule has 3 aliphatic rings. The van der Waals surface area contributed by atoms with Crippen molar-refractivity contribution in [2.45, 2.75) is 91.6 Å². The largest absolute Gasteiger partial charge is 0.239 e. The Hall–Kier alpha value is -0.160. The zero-order valence-electron chi connectivity index (χ0n) is 15.0. The molecule has 2 unspecified atom stereocenters. The molecule has 1 heterocycles. The average molecular weight is 312 g/mol. The molecule has 4 heteroatoms. The third-order valence-electron chi connectivity index (χ3n) is 7.34. The molecule has 22 heavy (non-hydrogen) atoms. The van der Waals surface area contributed by atoms with Crippen molar-refractivity contribution in [1.29, 1.82) is 0 Å². The van der Waals surface area contributed by atoms with Crippen molar-refractivity contribution in [1.82, 2.24) is 0 Å². The van der Waals surface area contributed by atoms with Crippen molar-refractivity contribution in [3.05, 3.63) is 0 Å². The van der Waals surface area contributed by atoms with Crippen LogP contribution in [0, 0.1) is 22.7 Å². The van der Waals surface area contributed by atoms with Crippen LogP contribution >= 0.6 is 0 Å². The second-order valence-corrected chi connectivity index (χ2v) is 8.87. The number of rotatable bonds is 0. The van der Waals surface area contributed by atoms with Gasteiger partial charge in [0.25, 0.3) is 0 Å². The van der Waals surface area contributed by atoms with Crippen LogP contribution < -0.4 is 0 Å². The van der Waals surface area contributed by atoms with Crippen LogP contribution in [0.5, 0.6) is 0 Å². The van der Waals surface area contributed by atoms with Crippen molar-refractivity contribution in [2.24, 2.45) is 22.7 Å². The fourth-order valence-electron chi connectivity index (χ4n) is 4.29. The second kappa shape index (κ2) is 5.17. The second-order valence-electron chi connectivity index (χ2n) is 8.87. The van der Waals surface area contributed by atoms with Crippen molar-refractivity contribution in [2.75, 3.05) is 0 Å². The first kappa shape index (κ1) is 16.7. The first-order valence-corrected chi connectivity index (χ1v) is 8.91. The van der Waals surface area contributed by atoms with Gasteiger partial charge in [-0.05, 0) is 37.5 Å². The summed E-state index contributed by atoms with van der Waals surface area (Å²) in [5, 5.41) is 0. The van der Waals surface area contributed by atoms with Crippen LogP contribution in [0.25, 0.3) is 0 Å². The van der Waals surface area contributed by atoms with Crippen molar-refractivity contribution < 1.29 is 19.6 Å². The summed E-state index contributed by atoms with van der Waals surface area (Å²) in [6, 6.07) is 0. The average Bonchev–Trinajstić information content (AvgIpc) is 2.45. The Morgan fingerprint density at radius 3 is 1.27 bits per heavy atom. The Balaban J connectivity index is 1.83. The molecule has 2 atom stereocenters. The SMILES string of the molecule is CC1CCCC2(OOC3(CCCC(C)C3(C)C)OO2)C1(C)C. The van der Waals surface area contributed by atoms with Crippen molar-refractivity contribution in [3.63, 3.8) is 0 Å². The van der Waals surface area contributed by atoms with Crippen LogP contribution in [0.3, 0.4) is 0 Å². The summed E-state index contributed by atoms with van der Waals surface area (Å²) in [6.45, 7) is 13.3. The minimum Gasteiger partial charge on any atom is -0.194 e. The molecule has 0 aromatic heterocycles. The van der Waals surface area contributed by atoms with Gasteiger partial charge in [0.05, 0.1) is 0 Å².